The molecule has 0 radical (unpaired) electrons. The predicted molar refractivity (Wildman–Crippen MR) is 75.7 cm³/mol. The van der Waals surface area contributed by atoms with Gasteiger partial charge in [0, 0.05) is 28.1 Å². The average Bonchev–Trinajstić information content (AvgIpc) is 2.92. The van der Waals surface area contributed by atoms with E-state index in [4.69, 9.17) is 27.7 Å². The molecule has 0 saturated carbocycles. The van der Waals surface area contributed by atoms with Gasteiger partial charge in [-0.1, -0.05) is 28.4 Å². The molecule has 0 amide bonds. The highest BCUT2D eigenvalue weighted by molar-refractivity contribution is 6.34. The van der Waals surface area contributed by atoms with Gasteiger partial charge in [0.05, 0.1) is 6.20 Å². The first-order valence-electron chi connectivity index (χ1n) is 6.32. The molecule has 1 aliphatic heterocycles. The van der Waals surface area contributed by atoms with E-state index in [1.54, 1.807) is 12.3 Å². The highest BCUT2D eigenvalue weighted by atomic mass is 35.5. The molecule has 1 aliphatic rings. The van der Waals surface area contributed by atoms with Gasteiger partial charge in [-0.25, -0.2) is 0 Å². The van der Waals surface area contributed by atoms with E-state index in [2.05, 4.69) is 10.5 Å². The van der Waals surface area contributed by atoms with Crippen LogP contribution in [0, 0.1) is 0 Å². The molecule has 0 unspecified atom stereocenters. The van der Waals surface area contributed by atoms with Crippen LogP contribution in [-0.4, -0.2) is 11.7 Å². The second-order valence-electron chi connectivity index (χ2n) is 4.85. The Morgan fingerprint density at radius 2 is 2.00 bits per heavy atom. The molecule has 3 rings (SSSR count). The normalized spacial score (nSPS) is 23.5. The Labute approximate surface area is 121 Å². The Morgan fingerprint density at radius 1 is 1.21 bits per heavy atom. The number of halogens is 2. The zero-order chi connectivity index (χ0) is 13.2. The van der Waals surface area contributed by atoms with Crippen LogP contribution in [0.5, 0.6) is 0 Å². The number of hydrogen-bond acceptors (Lipinski definition) is 3. The van der Waals surface area contributed by atoms with E-state index in [0.29, 0.717) is 16.0 Å². The van der Waals surface area contributed by atoms with Crippen molar-refractivity contribution in [2.75, 3.05) is 6.54 Å². The third-order valence-corrected chi connectivity index (χ3v) is 3.99. The zero-order valence-corrected chi connectivity index (χ0v) is 11.8. The first kappa shape index (κ1) is 13.0. The fourth-order valence-corrected chi connectivity index (χ4v) is 3.19. The number of hydrogen-bond donors (Lipinski definition) is 1. The number of piperidine rings is 1. The Kier molecular flexibility index (Phi) is 3.78. The van der Waals surface area contributed by atoms with Gasteiger partial charge in [-0.05, 0) is 43.1 Å². The maximum Gasteiger partial charge on any atom is 0.139 e. The summed E-state index contributed by atoms with van der Waals surface area (Å²) >= 11 is 12.1. The lowest BCUT2D eigenvalue weighted by molar-refractivity contribution is 0.297. The minimum Gasteiger partial charge on any atom is -0.361 e. The molecule has 0 spiro atoms. The van der Waals surface area contributed by atoms with E-state index >= 15 is 0 Å². The fourth-order valence-electron chi connectivity index (χ4n) is 2.64. The Bertz CT molecular complexity index is 536. The van der Waals surface area contributed by atoms with Gasteiger partial charge in [0.25, 0.3) is 0 Å². The number of rotatable bonds is 2. The summed E-state index contributed by atoms with van der Waals surface area (Å²) in [5, 5.41) is 8.63. The lowest BCUT2D eigenvalue weighted by Crippen LogP contribution is -2.30. The van der Waals surface area contributed by atoms with Crippen molar-refractivity contribution in [1.29, 1.82) is 0 Å². The molecule has 2 atom stereocenters. The van der Waals surface area contributed by atoms with E-state index in [1.165, 1.54) is 0 Å². The SMILES string of the molecule is Clc1cc(Cl)cc([C@H]2C[C@@H](c3ccno3)CCN2)c1. The van der Waals surface area contributed by atoms with Crippen LogP contribution in [0.3, 0.4) is 0 Å². The first-order valence-corrected chi connectivity index (χ1v) is 7.08. The van der Waals surface area contributed by atoms with Crippen molar-refractivity contribution < 1.29 is 4.52 Å². The van der Waals surface area contributed by atoms with E-state index in [1.807, 2.05) is 18.2 Å². The van der Waals surface area contributed by atoms with Gasteiger partial charge >= 0.3 is 0 Å². The molecule has 0 bridgehead atoms. The van der Waals surface area contributed by atoms with Crippen molar-refractivity contribution in [3.63, 3.8) is 0 Å². The number of aromatic nitrogens is 1. The summed E-state index contributed by atoms with van der Waals surface area (Å²) in [4.78, 5) is 0. The van der Waals surface area contributed by atoms with Gasteiger partial charge in [0.2, 0.25) is 0 Å². The molecule has 5 heteroatoms. The van der Waals surface area contributed by atoms with Crippen molar-refractivity contribution in [3.05, 3.63) is 51.8 Å². The van der Waals surface area contributed by atoms with E-state index < -0.39 is 0 Å². The fraction of sp³-hybridized carbons (Fsp3) is 0.357. The molecule has 2 heterocycles. The highest BCUT2D eigenvalue weighted by Crippen LogP contribution is 2.35. The second kappa shape index (κ2) is 5.53. The molecule has 19 heavy (non-hydrogen) atoms. The van der Waals surface area contributed by atoms with Crippen LogP contribution >= 0.6 is 23.2 Å². The molecule has 1 fully saturated rings. The van der Waals surface area contributed by atoms with Crippen molar-refractivity contribution in [3.8, 4) is 0 Å². The standard InChI is InChI=1S/C14H14Cl2N2O/c15-11-5-10(6-12(16)8-11)13-7-9(1-3-17-13)14-2-4-18-19-14/h2,4-6,8-9,13,17H,1,3,7H2/t9-,13+/m0/s1. The van der Waals surface area contributed by atoms with Crippen molar-refractivity contribution in [2.45, 2.75) is 24.8 Å². The van der Waals surface area contributed by atoms with Crippen LogP contribution in [0.15, 0.2) is 35.0 Å². The van der Waals surface area contributed by atoms with Gasteiger partial charge in [-0.2, -0.15) is 0 Å². The minimum atomic E-state index is 0.250. The summed E-state index contributed by atoms with van der Waals surface area (Å²) in [6.07, 6.45) is 3.72. The Morgan fingerprint density at radius 3 is 2.68 bits per heavy atom. The molecule has 2 aromatic rings. The van der Waals surface area contributed by atoms with E-state index in [-0.39, 0.29) is 6.04 Å². The number of nitrogens with one attached hydrogen (secondary N) is 1. The third-order valence-electron chi connectivity index (χ3n) is 3.55. The van der Waals surface area contributed by atoms with Gasteiger partial charge in [-0.15, -0.1) is 0 Å². The van der Waals surface area contributed by atoms with Gasteiger partial charge < -0.3 is 9.84 Å². The molecular formula is C14H14Cl2N2O. The monoisotopic (exact) mass is 296 g/mol. The summed E-state index contributed by atoms with van der Waals surface area (Å²) in [5.41, 5.74) is 1.13. The third kappa shape index (κ3) is 2.94. The Hall–Kier alpha value is -1.03. The zero-order valence-electron chi connectivity index (χ0n) is 10.3. The van der Waals surface area contributed by atoms with Crippen LogP contribution in [0.2, 0.25) is 10.0 Å². The summed E-state index contributed by atoms with van der Waals surface area (Å²) in [6.45, 7) is 0.945. The van der Waals surface area contributed by atoms with Crippen LogP contribution < -0.4 is 5.32 Å². The molecule has 3 nitrogen and oxygen atoms in total. The molecule has 1 saturated heterocycles. The maximum atomic E-state index is 6.06. The number of nitrogens with zero attached hydrogens (tertiary/aromatic N) is 1. The van der Waals surface area contributed by atoms with Crippen molar-refractivity contribution >= 4 is 23.2 Å². The largest absolute Gasteiger partial charge is 0.361 e. The second-order valence-corrected chi connectivity index (χ2v) is 5.72. The number of benzene rings is 1. The molecule has 0 aliphatic carbocycles. The van der Waals surface area contributed by atoms with Crippen molar-refractivity contribution in [2.24, 2.45) is 0 Å². The predicted octanol–water partition coefficient (Wildman–Crippen LogP) is 4.19. The lowest BCUT2D eigenvalue weighted by Gasteiger charge is -2.29. The topological polar surface area (TPSA) is 38.1 Å². The average molecular weight is 297 g/mol. The van der Waals surface area contributed by atoms with Gasteiger partial charge in [0.15, 0.2) is 0 Å². The molecule has 1 aromatic heterocycles. The van der Waals surface area contributed by atoms with Crippen LogP contribution in [0.1, 0.15) is 36.1 Å². The summed E-state index contributed by atoms with van der Waals surface area (Å²) in [7, 11) is 0. The van der Waals surface area contributed by atoms with Crippen LogP contribution in [0.4, 0.5) is 0 Å². The van der Waals surface area contributed by atoms with E-state index in [9.17, 15) is 0 Å². The minimum absolute atomic E-state index is 0.250. The van der Waals surface area contributed by atoms with Crippen LogP contribution in [0.25, 0.3) is 0 Å². The smallest absolute Gasteiger partial charge is 0.139 e. The molecule has 100 valence electrons. The van der Waals surface area contributed by atoms with Crippen LogP contribution in [-0.2, 0) is 0 Å². The molecule has 1 N–H and O–H groups in total. The Balaban J connectivity index is 1.81. The van der Waals surface area contributed by atoms with Gasteiger partial charge in [0.1, 0.15) is 5.76 Å². The molecule has 1 aromatic carbocycles. The summed E-state index contributed by atoms with van der Waals surface area (Å²) < 4.78 is 5.27. The van der Waals surface area contributed by atoms with Crippen molar-refractivity contribution in [1.82, 2.24) is 10.5 Å². The lowest BCUT2D eigenvalue weighted by atomic mass is 9.87. The first-order chi connectivity index (χ1) is 9.22. The maximum absolute atomic E-state index is 6.06. The van der Waals surface area contributed by atoms with Gasteiger partial charge in [-0.3, -0.25) is 0 Å². The summed E-state index contributed by atoms with van der Waals surface area (Å²) in [6, 6.07) is 7.88. The summed E-state index contributed by atoms with van der Waals surface area (Å²) in [5.74, 6) is 1.35. The highest BCUT2D eigenvalue weighted by Gasteiger charge is 2.26. The quantitative estimate of drug-likeness (QED) is 0.903. The molecular weight excluding hydrogens is 283 g/mol. The van der Waals surface area contributed by atoms with E-state index in [0.717, 1.165) is 30.7 Å².